The van der Waals surface area contributed by atoms with E-state index >= 15 is 0 Å². The molecule has 0 saturated carbocycles. The fourth-order valence-corrected chi connectivity index (χ4v) is 7.78. The number of nitrogens with one attached hydrogen (secondary N) is 1. The number of nitrogens with zero attached hydrogens (tertiary/aromatic N) is 5. The van der Waals surface area contributed by atoms with E-state index in [2.05, 4.69) is 29.1 Å². The quantitative estimate of drug-likeness (QED) is 0.256. The molecule has 3 aromatic heterocycles. The Balaban J connectivity index is 0.000000251. The molecule has 4 aromatic rings. The first-order valence-corrected chi connectivity index (χ1v) is 16.9. The number of thioether (sulfide) groups is 1. The lowest BCUT2D eigenvalue weighted by Gasteiger charge is -2.19. The highest BCUT2D eigenvalue weighted by Crippen LogP contribution is 2.36. The fourth-order valence-electron chi connectivity index (χ4n) is 4.72. The normalized spacial score (nSPS) is 14.9. The molecule has 0 unspecified atom stereocenters. The largest absolute Gasteiger partial charge is 0.480 e. The van der Waals surface area contributed by atoms with Crippen molar-refractivity contribution in [2.24, 2.45) is 0 Å². The van der Waals surface area contributed by atoms with Crippen LogP contribution in [0.15, 0.2) is 70.7 Å². The molecule has 14 heteroatoms. The highest BCUT2D eigenvalue weighted by molar-refractivity contribution is 8.01. The molecule has 1 saturated heterocycles. The molecule has 5 rings (SSSR count). The van der Waals surface area contributed by atoms with Crippen LogP contribution in [0.25, 0.3) is 16.9 Å². The Hall–Kier alpha value is -4.01. The molecule has 1 fully saturated rings. The van der Waals surface area contributed by atoms with E-state index in [1.165, 1.54) is 15.1 Å². The second-order valence-electron chi connectivity index (χ2n) is 10.5. The molecule has 1 aromatic carbocycles. The predicted octanol–water partition coefficient (Wildman–Crippen LogP) is 3.84. The number of sulfonamides is 1. The van der Waals surface area contributed by atoms with Gasteiger partial charge in [0.15, 0.2) is 5.65 Å². The number of hydrogen-bond donors (Lipinski definition) is 2. The number of hydrogen-bond acceptors (Lipinski definition) is 8. The van der Waals surface area contributed by atoms with Crippen molar-refractivity contribution in [3.63, 3.8) is 0 Å². The smallest absolute Gasteiger partial charge is 0.334 e. The number of pyridine rings is 2. The summed E-state index contributed by atoms with van der Waals surface area (Å²) in [5.74, 6) is -0.587. The van der Waals surface area contributed by atoms with Crippen molar-refractivity contribution in [1.82, 2.24) is 28.7 Å². The Kier molecular flexibility index (Phi) is 12.1. The van der Waals surface area contributed by atoms with Crippen LogP contribution in [0.5, 0.6) is 0 Å². The van der Waals surface area contributed by atoms with Gasteiger partial charge in [-0.25, -0.2) is 27.6 Å². The number of imidazole rings is 1. The average molecular weight is 657 g/mol. The summed E-state index contributed by atoms with van der Waals surface area (Å²) >= 11 is 1.66. The Morgan fingerprint density at radius 2 is 1.84 bits per heavy atom. The number of fused-ring (bicyclic) bond motifs is 1. The minimum atomic E-state index is -3.39. The van der Waals surface area contributed by atoms with E-state index in [1.807, 2.05) is 26.8 Å². The summed E-state index contributed by atoms with van der Waals surface area (Å²) in [6, 6.07) is 11.3. The molecule has 12 nitrogen and oxygen atoms in total. The van der Waals surface area contributed by atoms with Crippen molar-refractivity contribution < 1.29 is 23.1 Å². The Bertz CT molecular complexity index is 1780. The molecule has 0 bridgehead atoms. The Morgan fingerprint density at radius 1 is 1.16 bits per heavy atom. The van der Waals surface area contributed by atoms with Crippen molar-refractivity contribution in [3.05, 3.63) is 82.7 Å². The predicted molar refractivity (Wildman–Crippen MR) is 176 cm³/mol. The monoisotopic (exact) mass is 656 g/mol. The summed E-state index contributed by atoms with van der Waals surface area (Å²) in [6.07, 6.45) is 5.20. The third-order valence-electron chi connectivity index (χ3n) is 6.97. The first-order valence-electron chi connectivity index (χ1n) is 14.5. The fraction of sp³-hybridized carbons (Fsp3) is 0.387. The summed E-state index contributed by atoms with van der Waals surface area (Å²) in [6.45, 7) is 12.9. The van der Waals surface area contributed by atoms with Gasteiger partial charge in [-0.15, -0.1) is 11.8 Å². The third kappa shape index (κ3) is 8.18. The molecule has 242 valence electrons. The van der Waals surface area contributed by atoms with Gasteiger partial charge in [0.05, 0.1) is 17.1 Å². The summed E-state index contributed by atoms with van der Waals surface area (Å²) in [7, 11) is -3.39. The zero-order chi connectivity index (χ0) is 33.4. The van der Waals surface area contributed by atoms with E-state index in [0.29, 0.717) is 41.6 Å². The molecule has 0 spiro atoms. The number of aromatic nitrogens is 4. The lowest BCUT2D eigenvalue weighted by Crippen LogP contribution is -2.37. The van der Waals surface area contributed by atoms with Crippen LogP contribution in [-0.4, -0.2) is 72.5 Å². The van der Waals surface area contributed by atoms with Crippen LogP contribution in [0.3, 0.4) is 0 Å². The maximum absolute atomic E-state index is 12.7. The lowest BCUT2D eigenvalue weighted by molar-refractivity contribution is -0.140. The van der Waals surface area contributed by atoms with Gasteiger partial charge in [-0.3, -0.25) is 14.3 Å². The van der Waals surface area contributed by atoms with Gasteiger partial charge in [-0.05, 0) is 69.2 Å². The van der Waals surface area contributed by atoms with Crippen LogP contribution < -0.4 is 11.0 Å². The van der Waals surface area contributed by atoms with Crippen LogP contribution in [0, 0.1) is 6.92 Å². The number of rotatable bonds is 9. The van der Waals surface area contributed by atoms with Gasteiger partial charge in [0, 0.05) is 42.8 Å². The molecule has 1 aliphatic rings. The van der Waals surface area contributed by atoms with Crippen molar-refractivity contribution in [2.75, 3.05) is 12.4 Å². The number of benzene rings is 1. The molecule has 1 atom stereocenters. The van der Waals surface area contributed by atoms with Gasteiger partial charge in [0.1, 0.15) is 10.9 Å². The molecule has 45 heavy (non-hydrogen) atoms. The molecule has 0 radical (unpaired) electrons. The Labute approximate surface area is 267 Å². The number of amides is 1. The van der Waals surface area contributed by atoms with Gasteiger partial charge in [0.2, 0.25) is 16.4 Å². The number of carboxylic acids is 1. The van der Waals surface area contributed by atoms with Crippen LogP contribution in [-0.2, 0) is 32.6 Å². The van der Waals surface area contributed by atoms with Gasteiger partial charge in [-0.1, -0.05) is 26.0 Å². The maximum atomic E-state index is 12.7. The zero-order valence-electron chi connectivity index (χ0n) is 26.3. The number of aliphatic carboxylic acids is 1. The van der Waals surface area contributed by atoms with Crippen LogP contribution >= 0.6 is 11.8 Å². The maximum Gasteiger partial charge on any atom is 0.334 e. The van der Waals surface area contributed by atoms with Crippen molar-refractivity contribution >= 4 is 45.3 Å². The highest BCUT2D eigenvalue weighted by Gasteiger charge is 2.38. The summed E-state index contributed by atoms with van der Waals surface area (Å²) < 4.78 is 29.5. The first kappa shape index (κ1) is 35.5. The summed E-state index contributed by atoms with van der Waals surface area (Å²) in [4.78, 5) is 42.9. The van der Waals surface area contributed by atoms with E-state index in [-0.39, 0.29) is 16.9 Å². The van der Waals surface area contributed by atoms with Gasteiger partial charge in [-0.2, -0.15) is 4.31 Å². The molecule has 1 aliphatic heterocycles. The van der Waals surface area contributed by atoms with Gasteiger partial charge >= 0.3 is 11.7 Å². The summed E-state index contributed by atoms with van der Waals surface area (Å²) in [5, 5.41) is 11.4. The number of carboxylic acid groups (broad SMARTS) is 1. The second-order valence-corrected chi connectivity index (χ2v) is 14.1. The summed E-state index contributed by atoms with van der Waals surface area (Å²) in [5.41, 5.74) is 3.26. The SMILES string of the molecule is CC.CCn1c(=O)n(-c2ccc(C[C@H](NC=O)C(=O)O)cc2)c2ncccc21.Cc1ccncc1S(=O)(=O)N1CSC(C)(C)C1. The molecular weight excluding hydrogens is 617 g/mol. The topological polar surface area (TPSA) is 156 Å². The highest BCUT2D eigenvalue weighted by atomic mass is 32.2. The van der Waals surface area contributed by atoms with E-state index < -0.39 is 22.0 Å². The third-order valence-corrected chi connectivity index (χ3v) is 10.4. The standard InChI is InChI=1S/C18H18N4O4.C11H16N2O2S2.C2H6/c1-2-21-15-4-3-9-19-16(15)22(18(21)26)13-7-5-12(6-8-13)10-14(17(24)25)20-11-23;1-9-4-5-12-6-10(9)17(14,15)13-7-11(2,3)16-8-13;1-2/h3-9,11,14H,2,10H2,1H3,(H,20,23)(H,24,25);4-6H,7-8H2,1-3H3;1-2H3/t14-;;/m0../s1. The van der Waals surface area contributed by atoms with Crippen LogP contribution in [0.1, 0.15) is 45.7 Å². The van der Waals surface area contributed by atoms with Crippen molar-refractivity contribution in [1.29, 1.82) is 0 Å². The van der Waals surface area contributed by atoms with E-state index in [1.54, 1.807) is 72.0 Å². The van der Waals surface area contributed by atoms with E-state index in [0.717, 1.165) is 16.6 Å². The molecule has 2 N–H and O–H groups in total. The van der Waals surface area contributed by atoms with E-state index in [4.69, 9.17) is 5.11 Å². The second kappa shape index (κ2) is 15.3. The van der Waals surface area contributed by atoms with Crippen molar-refractivity contribution in [3.8, 4) is 5.69 Å². The molecule has 1 amide bonds. The van der Waals surface area contributed by atoms with E-state index in [9.17, 15) is 22.8 Å². The van der Waals surface area contributed by atoms with Gasteiger partial charge in [0.25, 0.3) is 0 Å². The average Bonchev–Trinajstić information content (AvgIpc) is 3.54. The molecular formula is C31H40N6O6S2. The zero-order valence-corrected chi connectivity index (χ0v) is 27.9. The van der Waals surface area contributed by atoms with Crippen LogP contribution in [0.4, 0.5) is 0 Å². The van der Waals surface area contributed by atoms with Crippen LogP contribution in [0.2, 0.25) is 0 Å². The number of carbonyl (C=O) groups is 2. The van der Waals surface area contributed by atoms with Crippen molar-refractivity contribution in [2.45, 2.75) is 70.2 Å². The van der Waals surface area contributed by atoms with Gasteiger partial charge < -0.3 is 10.4 Å². The lowest BCUT2D eigenvalue weighted by atomic mass is 10.1. The number of carbonyl (C=O) groups excluding carboxylic acids is 1. The first-order chi connectivity index (χ1) is 21.4. The molecule has 4 heterocycles. The molecule has 0 aliphatic carbocycles. The minimum Gasteiger partial charge on any atom is -0.480 e. The Morgan fingerprint density at radius 3 is 2.40 bits per heavy atom. The minimum absolute atomic E-state index is 0.0107. The number of aryl methyl sites for hydroxylation is 2.